The molecule has 2 aromatic rings. The van der Waals surface area contributed by atoms with Crippen molar-refractivity contribution in [2.75, 3.05) is 0 Å². The maximum absolute atomic E-state index is 11.3. The van der Waals surface area contributed by atoms with Crippen molar-refractivity contribution in [3.8, 4) is 0 Å². The van der Waals surface area contributed by atoms with E-state index in [4.69, 9.17) is 11.6 Å². The molecule has 2 N–H and O–H groups in total. The predicted octanol–water partition coefficient (Wildman–Crippen LogP) is 1.99. The fraction of sp³-hybridized carbons (Fsp3) is 0.357. The van der Waals surface area contributed by atoms with Gasteiger partial charge in [-0.2, -0.15) is 0 Å². The molecule has 2 rings (SSSR count). The summed E-state index contributed by atoms with van der Waals surface area (Å²) in [4.78, 5) is 11.3. The van der Waals surface area contributed by atoms with Gasteiger partial charge in [0.1, 0.15) is 0 Å². The number of nitrogens with zero attached hydrogens (tertiary/aromatic N) is 3. The number of aliphatic hydroxyl groups is 1. The first-order valence-electron chi connectivity index (χ1n) is 6.39. The maximum atomic E-state index is 11.3. The zero-order valence-corrected chi connectivity index (χ0v) is 12.5. The molecule has 0 fully saturated rings. The van der Waals surface area contributed by atoms with Crippen molar-refractivity contribution in [1.29, 1.82) is 0 Å². The number of carboxylic acids is 1. The maximum Gasteiger partial charge on any atom is 0.358 e. The van der Waals surface area contributed by atoms with Crippen LogP contribution in [0.2, 0.25) is 5.02 Å². The lowest BCUT2D eigenvalue weighted by Gasteiger charge is -2.18. The first-order chi connectivity index (χ1) is 9.78. The van der Waals surface area contributed by atoms with E-state index in [0.717, 1.165) is 5.56 Å². The van der Waals surface area contributed by atoms with Gasteiger partial charge in [-0.05, 0) is 25.5 Å². The molecule has 0 bridgehead atoms. The number of aromatic carboxylic acids is 1. The molecule has 0 aliphatic rings. The second kappa shape index (κ2) is 5.83. The predicted molar refractivity (Wildman–Crippen MR) is 77.5 cm³/mol. The molecule has 0 radical (unpaired) electrons. The molecular formula is C14H16ClN3O3. The van der Waals surface area contributed by atoms with Crippen molar-refractivity contribution in [2.45, 2.75) is 32.4 Å². The molecule has 0 amide bonds. The smallest absolute Gasteiger partial charge is 0.358 e. The van der Waals surface area contributed by atoms with E-state index in [-0.39, 0.29) is 18.7 Å². The molecule has 0 spiro atoms. The Bertz CT molecular complexity index is 662. The van der Waals surface area contributed by atoms with E-state index >= 15 is 0 Å². The van der Waals surface area contributed by atoms with Crippen molar-refractivity contribution in [1.82, 2.24) is 15.0 Å². The lowest BCUT2D eigenvalue weighted by molar-refractivity contribution is 0.0560. The highest BCUT2D eigenvalue weighted by atomic mass is 35.5. The molecule has 1 heterocycles. The zero-order valence-electron chi connectivity index (χ0n) is 11.7. The fourth-order valence-electron chi connectivity index (χ4n) is 1.99. The van der Waals surface area contributed by atoms with Crippen LogP contribution in [0.25, 0.3) is 0 Å². The average Bonchev–Trinajstić information content (AvgIpc) is 2.73. The van der Waals surface area contributed by atoms with Crippen LogP contribution in [-0.4, -0.2) is 36.8 Å². The molecule has 0 saturated heterocycles. The van der Waals surface area contributed by atoms with Crippen molar-refractivity contribution < 1.29 is 15.0 Å². The van der Waals surface area contributed by atoms with Crippen molar-refractivity contribution in [3.63, 3.8) is 0 Å². The number of hydrogen-bond acceptors (Lipinski definition) is 4. The van der Waals surface area contributed by atoms with Crippen molar-refractivity contribution in [3.05, 3.63) is 46.2 Å². The highest BCUT2D eigenvalue weighted by Gasteiger charge is 2.23. The van der Waals surface area contributed by atoms with Crippen LogP contribution in [0.3, 0.4) is 0 Å². The minimum absolute atomic E-state index is 0.126. The zero-order chi connectivity index (χ0) is 15.6. The standard InChI is InChI=1S/C14H16ClN3O3/c1-14(2,21)8-18-11(12(13(19)20)16-17-18)7-9-5-3-4-6-10(9)15/h3-6,21H,7-8H2,1-2H3,(H,19,20). The molecule has 6 nitrogen and oxygen atoms in total. The fourth-order valence-corrected chi connectivity index (χ4v) is 2.19. The van der Waals surface area contributed by atoms with E-state index in [9.17, 15) is 15.0 Å². The van der Waals surface area contributed by atoms with Crippen LogP contribution in [0.1, 0.15) is 35.6 Å². The van der Waals surface area contributed by atoms with E-state index in [1.54, 1.807) is 26.0 Å². The van der Waals surface area contributed by atoms with Gasteiger partial charge in [-0.15, -0.1) is 5.10 Å². The third-order valence-electron chi connectivity index (χ3n) is 2.89. The monoisotopic (exact) mass is 309 g/mol. The van der Waals surface area contributed by atoms with Gasteiger partial charge in [0.2, 0.25) is 0 Å². The van der Waals surface area contributed by atoms with E-state index in [0.29, 0.717) is 10.7 Å². The third-order valence-corrected chi connectivity index (χ3v) is 3.26. The second-order valence-corrected chi connectivity index (χ2v) is 5.84. The molecular weight excluding hydrogens is 294 g/mol. The first-order valence-corrected chi connectivity index (χ1v) is 6.77. The minimum atomic E-state index is -1.15. The Kier molecular flexibility index (Phi) is 4.29. The van der Waals surface area contributed by atoms with Crippen LogP contribution in [0.4, 0.5) is 0 Å². The van der Waals surface area contributed by atoms with Crippen LogP contribution in [0, 0.1) is 0 Å². The third kappa shape index (κ3) is 3.80. The summed E-state index contributed by atoms with van der Waals surface area (Å²) in [5, 5.41) is 27.2. The van der Waals surface area contributed by atoms with Gasteiger partial charge in [0.15, 0.2) is 5.69 Å². The van der Waals surface area contributed by atoms with Gasteiger partial charge >= 0.3 is 5.97 Å². The number of carbonyl (C=O) groups is 1. The molecule has 0 aliphatic carbocycles. The summed E-state index contributed by atoms with van der Waals surface area (Å²) < 4.78 is 1.41. The summed E-state index contributed by atoms with van der Waals surface area (Å²) in [6.07, 6.45) is 0.282. The van der Waals surface area contributed by atoms with Gasteiger partial charge in [0.05, 0.1) is 17.8 Å². The minimum Gasteiger partial charge on any atom is -0.476 e. The lowest BCUT2D eigenvalue weighted by atomic mass is 10.1. The Morgan fingerprint density at radius 2 is 2.05 bits per heavy atom. The SMILES string of the molecule is CC(C)(O)Cn1nnc(C(=O)O)c1Cc1ccccc1Cl. The van der Waals surface area contributed by atoms with Crippen LogP contribution >= 0.6 is 11.6 Å². The number of halogens is 1. The number of aromatic nitrogens is 3. The molecule has 21 heavy (non-hydrogen) atoms. The largest absolute Gasteiger partial charge is 0.476 e. The van der Waals surface area contributed by atoms with Crippen molar-refractivity contribution in [2.24, 2.45) is 0 Å². The van der Waals surface area contributed by atoms with Gasteiger partial charge in [0, 0.05) is 11.4 Å². The summed E-state index contributed by atoms with van der Waals surface area (Å²) in [5.41, 5.74) is 0.0384. The van der Waals surface area contributed by atoms with Crippen LogP contribution in [0.15, 0.2) is 24.3 Å². The topological polar surface area (TPSA) is 88.2 Å². The first kappa shape index (κ1) is 15.5. The highest BCUT2D eigenvalue weighted by molar-refractivity contribution is 6.31. The molecule has 0 saturated carbocycles. The Labute approximate surface area is 127 Å². The molecule has 112 valence electrons. The summed E-state index contributed by atoms with van der Waals surface area (Å²) in [7, 11) is 0. The van der Waals surface area contributed by atoms with Crippen molar-refractivity contribution >= 4 is 17.6 Å². The normalized spacial score (nSPS) is 11.6. The second-order valence-electron chi connectivity index (χ2n) is 5.43. The molecule has 0 unspecified atom stereocenters. The molecule has 1 aromatic heterocycles. The molecule has 0 aliphatic heterocycles. The summed E-state index contributed by atoms with van der Waals surface area (Å²) in [6, 6.07) is 7.18. The Morgan fingerprint density at radius 1 is 1.38 bits per heavy atom. The van der Waals surface area contributed by atoms with E-state index in [2.05, 4.69) is 10.3 Å². The summed E-state index contributed by atoms with van der Waals surface area (Å²) in [6.45, 7) is 3.38. The number of benzene rings is 1. The average molecular weight is 310 g/mol. The quantitative estimate of drug-likeness (QED) is 0.882. The Balaban J connectivity index is 2.42. The van der Waals surface area contributed by atoms with Gasteiger partial charge in [-0.25, -0.2) is 9.48 Å². The van der Waals surface area contributed by atoms with Gasteiger partial charge < -0.3 is 10.2 Å². The van der Waals surface area contributed by atoms with Gasteiger partial charge in [-0.1, -0.05) is 35.0 Å². The Morgan fingerprint density at radius 3 is 2.62 bits per heavy atom. The Hall–Kier alpha value is -1.92. The lowest BCUT2D eigenvalue weighted by Crippen LogP contribution is -2.28. The molecule has 0 atom stereocenters. The van der Waals surface area contributed by atoms with Crippen LogP contribution in [0.5, 0.6) is 0 Å². The van der Waals surface area contributed by atoms with Crippen LogP contribution in [-0.2, 0) is 13.0 Å². The molecule has 1 aromatic carbocycles. The van der Waals surface area contributed by atoms with E-state index < -0.39 is 11.6 Å². The van der Waals surface area contributed by atoms with Crippen LogP contribution < -0.4 is 0 Å². The van der Waals surface area contributed by atoms with E-state index in [1.165, 1.54) is 4.68 Å². The highest BCUT2D eigenvalue weighted by Crippen LogP contribution is 2.21. The number of rotatable bonds is 5. The molecule has 7 heteroatoms. The summed E-state index contributed by atoms with van der Waals surface area (Å²) >= 11 is 6.11. The van der Waals surface area contributed by atoms with Gasteiger partial charge in [-0.3, -0.25) is 0 Å². The summed E-state index contributed by atoms with van der Waals surface area (Å²) in [5.74, 6) is -1.15. The number of carboxylic acid groups (broad SMARTS) is 1. The van der Waals surface area contributed by atoms with Gasteiger partial charge in [0.25, 0.3) is 0 Å². The number of hydrogen-bond donors (Lipinski definition) is 2. The van der Waals surface area contributed by atoms with E-state index in [1.807, 2.05) is 12.1 Å².